The molecule has 1 aliphatic heterocycles. The maximum absolute atomic E-state index is 14.1. The molecule has 51 heavy (non-hydrogen) atoms. The standard InChI is InChI=1S/C37H61N4O9P/c1-12-24(4)32(40(9)35(44)31(23(2)3)39-36(45)50-37(6,7)8)28(48-10)22-30(42)41-20-16-19-27(41)33(49-11)25(5)34(43)38-29(51(46)47)21-26-17-14-13-15-18-26/h13-15,17-18,23-25,27-29,31-33H,12,16,19-22H2,1-11H3,(H2-,38,39,43,45,46,47)/p+1/t24-,25+,27-,28+,29+,31-,32-,33+/m0/s1. The summed E-state index contributed by atoms with van der Waals surface area (Å²) in [5, 5.41) is 5.47. The third kappa shape index (κ3) is 12.8. The van der Waals surface area contributed by atoms with Crippen LogP contribution in [0.5, 0.6) is 0 Å². The minimum Gasteiger partial charge on any atom is -0.444 e. The third-order valence-electron chi connectivity index (χ3n) is 9.71. The van der Waals surface area contributed by atoms with Crippen molar-refractivity contribution in [1.29, 1.82) is 0 Å². The van der Waals surface area contributed by atoms with Crippen LogP contribution in [0.4, 0.5) is 4.79 Å². The average Bonchev–Trinajstić information content (AvgIpc) is 3.55. The Kier molecular flexibility index (Phi) is 17.5. The summed E-state index contributed by atoms with van der Waals surface area (Å²) >= 11 is 0. The summed E-state index contributed by atoms with van der Waals surface area (Å²) in [6.45, 7) is 15.1. The summed E-state index contributed by atoms with van der Waals surface area (Å²) in [5.41, 5.74) is 0.0850. The van der Waals surface area contributed by atoms with E-state index < -0.39 is 67.7 Å². The number of ether oxygens (including phenoxy) is 3. The van der Waals surface area contributed by atoms with E-state index in [0.717, 1.165) is 5.56 Å². The predicted molar refractivity (Wildman–Crippen MR) is 196 cm³/mol. The second-order valence-electron chi connectivity index (χ2n) is 15.0. The van der Waals surface area contributed by atoms with Crippen LogP contribution in [0.25, 0.3) is 0 Å². The molecule has 9 atom stereocenters. The van der Waals surface area contributed by atoms with Gasteiger partial charge in [-0.05, 0) is 55.6 Å². The third-order valence-corrected chi connectivity index (χ3v) is 10.6. The van der Waals surface area contributed by atoms with Gasteiger partial charge in [-0.3, -0.25) is 14.4 Å². The van der Waals surface area contributed by atoms with Gasteiger partial charge in [0.15, 0.2) is 0 Å². The molecule has 1 aromatic carbocycles. The van der Waals surface area contributed by atoms with E-state index in [0.29, 0.717) is 25.8 Å². The van der Waals surface area contributed by atoms with Crippen LogP contribution in [0.1, 0.15) is 86.6 Å². The van der Waals surface area contributed by atoms with Crippen molar-refractivity contribution in [2.75, 3.05) is 27.8 Å². The van der Waals surface area contributed by atoms with Crippen LogP contribution < -0.4 is 10.6 Å². The van der Waals surface area contributed by atoms with Gasteiger partial charge in [-0.1, -0.05) is 71.4 Å². The first-order chi connectivity index (χ1) is 23.9. The number of likely N-dealkylation sites (tertiary alicyclic amines) is 1. The van der Waals surface area contributed by atoms with Crippen molar-refractivity contribution in [3.63, 3.8) is 0 Å². The van der Waals surface area contributed by atoms with E-state index in [-0.39, 0.29) is 36.5 Å². The number of carbonyl (C=O) groups excluding carboxylic acids is 4. The van der Waals surface area contributed by atoms with Gasteiger partial charge in [0.25, 0.3) is 5.78 Å². The molecule has 13 nitrogen and oxygen atoms in total. The Labute approximate surface area is 305 Å². The summed E-state index contributed by atoms with van der Waals surface area (Å²) in [4.78, 5) is 67.5. The summed E-state index contributed by atoms with van der Waals surface area (Å²) in [6, 6.07) is 7.39. The van der Waals surface area contributed by atoms with Crippen LogP contribution in [0, 0.1) is 17.8 Å². The van der Waals surface area contributed by atoms with Crippen molar-refractivity contribution >= 4 is 31.8 Å². The summed E-state index contributed by atoms with van der Waals surface area (Å²) < 4.78 is 29.4. The van der Waals surface area contributed by atoms with Gasteiger partial charge in [-0.15, -0.1) is 0 Å². The molecule has 14 heteroatoms. The number of benzene rings is 1. The van der Waals surface area contributed by atoms with Gasteiger partial charge in [-0.2, -0.15) is 4.89 Å². The number of hydrogen-bond acceptors (Lipinski definition) is 8. The molecule has 0 bridgehead atoms. The molecule has 1 heterocycles. The second kappa shape index (κ2) is 20.2. The highest BCUT2D eigenvalue weighted by Crippen LogP contribution is 2.31. The SMILES string of the molecule is CC[C@H](C)[C@@H]([C@@H](CC(=O)N1CCC[C@H]1[C@H](OC)[C@@H](C)C(=O)N[C@@H](Cc1ccccc1)[P+](=O)O)OC)N(C)C(=O)[C@@H](NC(=O)OC(C)(C)C)C(C)C. The topological polar surface area (TPSA) is 164 Å². The number of likely N-dealkylation sites (N-methyl/N-ethyl adjacent to an activating group) is 1. The Balaban J connectivity index is 2.25. The lowest BCUT2D eigenvalue weighted by Crippen LogP contribution is -2.58. The zero-order valence-electron chi connectivity index (χ0n) is 32.4. The van der Waals surface area contributed by atoms with E-state index in [1.807, 2.05) is 58.0 Å². The Morgan fingerprint density at radius 3 is 2.18 bits per heavy atom. The lowest BCUT2D eigenvalue weighted by molar-refractivity contribution is -0.147. The van der Waals surface area contributed by atoms with Crippen molar-refractivity contribution in [2.45, 2.75) is 129 Å². The lowest BCUT2D eigenvalue weighted by atomic mass is 9.89. The number of hydrogen-bond donors (Lipinski definition) is 3. The van der Waals surface area contributed by atoms with Gasteiger partial charge in [0.05, 0.1) is 36.6 Å². The molecule has 1 saturated heterocycles. The quantitative estimate of drug-likeness (QED) is 0.178. The first-order valence-electron chi connectivity index (χ1n) is 18.0. The maximum atomic E-state index is 14.1. The molecule has 0 saturated carbocycles. The number of carbonyl (C=O) groups is 4. The molecule has 0 aliphatic carbocycles. The van der Waals surface area contributed by atoms with E-state index in [1.165, 1.54) is 14.2 Å². The Hall–Kier alpha value is -3.12. The molecule has 288 valence electrons. The monoisotopic (exact) mass is 737 g/mol. The van der Waals surface area contributed by atoms with Crippen LogP contribution >= 0.6 is 8.03 Å². The molecule has 3 N–H and O–H groups in total. The Morgan fingerprint density at radius 1 is 1.04 bits per heavy atom. The van der Waals surface area contributed by atoms with Crippen molar-refractivity contribution in [1.82, 2.24) is 20.4 Å². The molecule has 0 radical (unpaired) electrons. The first kappa shape index (κ1) is 44.0. The van der Waals surface area contributed by atoms with E-state index in [1.54, 1.807) is 44.5 Å². The van der Waals surface area contributed by atoms with Gasteiger partial charge in [0.2, 0.25) is 17.7 Å². The van der Waals surface area contributed by atoms with E-state index >= 15 is 0 Å². The fourth-order valence-corrected chi connectivity index (χ4v) is 7.40. The van der Waals surface area contributed by atoms with Gasteiger partial charge in [0, 0.05) is 34.2 Å². The normalized spacial score (nSPS) is 19.3. The largest absolute Gasteiger partial charge is 0.531 e. The van der Waals surface area contributed by atoms with Gasteiger partial charge in [0.1, 0.15) is 11.6 Å². The van der Waals surface area contributed by atoms with Crippen LogP contribution in [0.15, 0.2) is 30.3 Å². The van der Waals surface area contributed by atoms with Gasteiger partial charge >= 0.3 is 14.1 Å². The molecule has 1 unspecified atom stereocenters. The van der Waals surface area contributed by atoms with Gasteiger partial charge < -0.3 is 34.6 Å². The molecule has 0 aromatic heterocycles. The minimum absolute atomic E-state index is 0.0212. The van der Waals surface area contributed by atoms with Crippen molar-refractivity contribution in [3.8, 4) is 0 Å². The molecular weight excluding hydrogens is 675 g/mol. The Morgan fingerprint density at radius 2 is 1.67 bits per heavy atom. The van der Waals surface area contributed by atoms with Crippen LogP contribution in [0.3, 0.4) is 0 Å². The highest BCUT2D eigenvalue weighted by Gasteiger charge is 2.44. The number of nitrogens with zero attached hydrogens (tertiary/aromatic N) is 2. The van der Waals surface area contributed by atoms with Crippen LogP contribution in [-0.2, 0) is 39.6 Å². The number of alkyl carbamates (subject to hydrolysis) is 1. The van der Waals surface area contributed by atoms with Crippen molar-refractivity contribution < 1.29 is 42.8 Å². The van der Waals surface area contributed by atoms with Crippen molar-refractivity contribution in [2.24, 2.45) is 17.8 Å². The number of amides is 4. The lowest BCUT2D eigenvalue weighted by Gasteiger charge is -2.40. The van der Waals surface area contributed by atoms with Crippen LogP contribution in [-0.4, -0.2) is 108 Å². The summed E-state index contributed by atoms with van der Waals surface area (Å²) in [7, 11) is 1.99. The molecule has 4 amide bonds. The molecule has 0 spiro atoms. The van der Waals surface area contributed by atoms with Gasteiger partial charge in [-0.25, -0.2) is 4.79 Å². The minimum atomic E-state index is -2.71. The average molecular weight is 738 g/mol. The maximum Gasteiger partial charge on any atom is 0.531 e. The fraction of sp³-hybridized carbons (Fsp3) is 0.730. The molecule has 2 rings (SSSR count). The second-order valence-corrected chi connectivity index (χ2v) is 16.2. The highest BCUT2D eigenvalue weighted by atomic mass is 31.1. The number of methoxy groups -OCH3 is 2. The number of rotatable bonds is 18. The van der Waals surface area contributed by atoms with E-state index in [2.05, 4.69) is 10.6 Å². The van der Waals surface area contributed by atoms with Crippen LogP contribution in [0.2, 0.25) is 0 Å². The highest BCUT2D eigenvalue weighted by molar-refractivity contribution is 7.38. The number of nitrogens with one attached hydrogen (secondary N) is 2. The van der Waals surface area contributed by atoms with E-state index in [4.69, 9.17) is 14.2 Å². The molecule has 1 fully saturated rings. The smallest absolute Gasteiger partial charge is 0.444 e. The molecule has 1 aliphatic rings. The fourth-order valence-electron chi connectivity index (χ4n) is 6.79. The van der Waals surface area contributed by atoms with Crippen molar-refractivity contribution in [3.05, 3.63) is 35.9 Å². The Bertz CT molecular complexity index is 1310. The zero-order valence-corrected chi connectivity index (χ0v) is 33.3. The molecule has 1 aromatic rings. The molecular formula is C37H62N4O9P+. The van der Waals surface area contributed by atoms with E-state index in [9.17, 15) is 28.6 Å². The zero-order chi connectivity index (χ0) is 38.6. The summed E-state index contributed by atoms with van der Waals surface area (Å²) in [6.07, 6.45) is 0.170. The first-order valence-corrected chi connectivity index (χ1v) is 19.3. The predicted octanol–water partition coefficient (Wildman–Crippen LogP) is 4.88. The summed E-state index contributed by atoms with van der Waals surface area (Å²) in [5.74, 6) is -2.96.